The smallest absolute Gasteiger partial charge is 0.243 e. The second-order valence-electron chi connectivity index (χ2n) is 9.25. The van der Waals surface area contributed by atoms with E-state index in [1.165, 1.54) is 0 Å². The number of piperidine rings is 1. The molecule has 1 saturated carbocycles. The van der Waals surface area contributed by atoms with E-state index < -0.39 is 10.0 Å². The molecule has 1 aromatic rings. The molecular formula is C24H35NO5S. The maximum absolute atomic E-state index is 13.7. The molecule has 0 spiro atoms. The van der Waals surface area contributed by atoms with Gasteiger partial charge in [-0.2, -0.15) is 4.31 Å². The highest BCUT2D eigenvalue weighted by Gasteiger charge is 2.47. The zero-order valence-electron chi connectivity index (χ0n) is 18.4. The van der Waals surface area contributed by atoms with Gasteiger partial charge in [-0.25, -0.2) is 8.42 Å². The van der Waals surface area contributed by atoms with Crippen LogP contribution in [0.25, 0.3) is 0 Å². The molecule has 0 bridgehead atoms. The summed E-state index contributed by atoms with van der Waals surface area (Å²) in [7, 11) is -3.69. The Labute approximate surface area is 186 Å². The Balaban J connectivity index is 1.57. The van der Waals surface area contributed by atoms with Crippen LogP contribution in [0.1, 0.15) is 51.0 Å². The Morgan fingerprint density at radius 3 is 2.58 bits per heavy atom. The minimum absolute atomic E-state index is 0.0539. The molecule has 2 heterocycles. The van der Waals surface area contributed by atoms with E-state index in [0.717, 1.165) is 51.7 Å². The molecule has 1 N–H and O–H groups in total. The standard InChI is InChI=1S/C24H35NO5S/c1-3-19-6-8-23(20-4-5-20)25(17(19)2)31(27,28)22-7-9-24(21(14-22)15-26)30-16-18-10-12-29-13-11-18/h3,7,9,14,17-20,23,26H,1,4-6,8,10-13,15-16H2,2H3. The Morgan fingerprint density at radius 1 is 1.19 bits per heavy atom. The Bertz CT molecular complexity index is 876. The lowest BCUT2D eigenvalue weighted by Gasteiger charge is -2.43. The summed E-state index contributed by atoms with van der Waals surface area (Å²) < 4.78 is 40.6. The number of aliphatic hydroxyl groups excluding tert-OH is 1. The van der Waals surface area contributed by atoms with Gasteiger partial charge in [-0.1, -0.05) is 6.08 Å². The molecule has 0 amide bonds. The first-order valence-corrected chi connectivity index (χ1v) is 13.0. The summed E-state index contributed by atoms with van der Waals surface area (Å²) in [5.41, 5.74) is 0.515. The van der Waals surface area contributed by atoms with Gasteiger partial charge in [0, 0.05) is 30.9 Å². The number of aliphatic hydroxyl groups is 1. The lowest BCUT2D eigenvalue weighted by molar-refractivity contribution is 0.0494. The Morgan fingerprint density at radius 2 is 1.94 bits per heavy atom. The van der Waals surface area contributed by atoms with Crippen molar-refractivity contribution in [2.24, 2.45) is 17.8 Å². The zero-order chi connectivity index (χ0) is 22.0. The average molecular weight is 450 g/mol. The first kappa shape index (κ1) is 22.8. The molecule has 3 aliphatic rings. The van der Waals surface area contributed by atoms with Crippen molar-refractivity contribution in [3.05, 3.63) is 36.4 Å². The monoisotopic (exact) mass is 449 g/mol. The fourth-order valence-electron chi connectivity index (χ4n) is 5.08. The Hall–Kier alpha value is -1.41. The zero-order valence-corrected chi connectivity index (χ0v) is 19.2. The fourth-order valence-corrected chi connectivity index (χ4v) is 7.08. The molecule has 3 fully saturated rings. The molecular weight excluding hydrogens is 414 g/mol. The lowest BCUT2D eigenvalue weighted by atomic mass is 9.87. The van der Waals surface area contributed by atoms with Crippen LogP contribution in [-0.4, -0.2) is 49.7 Å². The molecule has 6 nitrogen and oxygen atoms in total. The van der Waals surface area contributed by atoms with Gasteiger partial charge in [-0.05, 0) is 81.4 Å². The number of sulfonamides is 1. The highest BCUT2D eigenvalue weighted by Crippen LogP contribution is 2.45. The minimum atomic E-state index is -3.69. The van der Waals surface area contributed by atoms with Crippen molar-refractivity contribution >= 4 is 10.0 Å². The number of rotatable bonds is 8. The van der Waals surface area contributed by atoms with Gasteiger partial charge in [-0.3, -0.25) is 0 Å². The lowest BCUT2D eigenvalue weighted by Crippen LogP contribution is -2.52. The van der Waals surface area contributed by atoms with E-state index in [2.05, 4.69) is 6.58 Å². The van der Waals surface area contributed by atoms with E-state index in [1.807, 2.05) is 13.0 Å². The molecule has 2 aliphatic heterocycles. The highest BCUT2D eigenvalue weighted by atomic mass is 32.2. The van der Waals surface area contributed by atoms with Crippen LogP contribution < -0.4 is 4.74 Å². The van der Waals surface area contributed by atoms with E-state index in [9.17, 15) is 13.5 Å². The molecule has 2 saturated heterocycles. The predicted molar refractivity (Wildman–Crippen MR) is 119 cm³/mol. The summed E-state index contributed by atoms with van der Waals surface area (Å²) in [6, 6.07) is 4.84. The van der Waals surface area contributed by atoms with Gasteiger partial charge in [-0.15, -0.1) is 6.58 Å². The molecule has 3 atom stereocenters. The maximum atomic E-state index is 13.7. The van der Waals surface area contributed by atoms with Crippen LogP contribution in [0.2, 0.25) is 0 Å². The quantitative estimate of drug-likeness (QED) is 0.612. The van der Waals surface area contributed by atoms with Gasteiger partial charge >= 0.3 is 0 Å². The first-order chi connectivity index (χ1) is 15.0. The van der Waals surface area contributed by atoms with Crippen LogP contribution in [0.15, 0.2) is 35.7 Å². The van der Waals surface area contributed by atoms with Gasteiger partial charge in [0.25, 0.3) is 0 Å². The second-order valence-corrected chi connectivity index (χ2v) is 11.1. The van der Waals surface area contributed by atoms with Crippen molar-refractivity contribution in [1.82, 2.24) is 4.31 Å². The summed E-state index contributed by atoms with van der Waals surface area (Å²) in [5, 5.41) is 9.92. The number of nitrogens with zero attached hydrogens (tertiary/aromatic N) is 1. The molecule has 1 aromatic carbocycles. The third-order valence-corrected chi connectivity index (χ3v) is 9.21. The first-order valence-electron chi connectivity index (χ1n) is 11.6. The number of hydrogen-bond acceptors (Lipinski definition) is 5. The van der Waals surface area contributed by atoms with Crippen LogP contribution in [0.5, 0.6) is 5.75 Å². The SMILES string of the molecule is C=CC1CCC(C2CC2)N(S(=O)(=O)c2ccc(OCC3CCOCC3)c(CO)c2)C1C. The highest BCUT2D eigenvalue weighted by molar-refractivity contribution is 7.89. The van der Waals surface area contributed by atoms with Gasteiger partial charge in [0.2, 0.25) is 10.0 Å². The van der Waals surface area contributed by atoms with Crippen LogP contribution in [0.4, 0.5) is 0 Å². The number of ether oxygens (including phenoxy) is 2. The molecule has 7 heteroatoms. The molecule has 0 aromatic heterocycles. The van der Waals surface area contributed by atoms with Crippen molar-refractivity contribution < 1.29 is 23.0 Å². The van der Waals surface area contributed by atoms with Crippen LogP contribution in [-0.2, 0) is 21.4 Å². The molecule has 1 aliphatic carbocycles. The normalized spacial score (nSPS) is 28.4. The minimum Gasteiger partial charge on any atom is -0.493 e. The van der Waals surface area contributed by atoms with Gasteiger partial charge in [0.1, 0.15) is 5.75 Å². The van der Waals surface area contributed by atoms with E-state index in [1.54, 1.807) is 22.5 Å². The molecule has 4 rings (SSSR count). The molecule has 31 heavy (non-hydrogen) atoms. The van der Waals surface area contributed by atoms with Crippen molar-refractivity contribution in [3.8, 4) is 5.75 Å². The maximum Gasteiger partial charge on any atom is 0.243 e. The fraction of sp³-hybridized carbons (Fsp3) is 0.667. The summed E-state index contributed by atoms with van der Waals surface area (Å²) in [6.07, 6.45) is 7.87. The van der Waals surface area contributed by atoms with Gasteiger partial charge < -0.3 is 14.6 Å². The third kappa shape index (κ3) is 4.85. The summed E-state index contributed by atoms with van der Waals surface area (Å²) in [5.74, 6) is 1.60. The van der Waals surface area contributed by atoms with E-state index in [-0.39, 0.29) is 29.5 Å². The largest absolute Gasteiger partial charge is 0.493 e. The number of hydrogen-bond donors (Lipinski definition) is 1. The van der Waals surface area contributed by atoms with E-state index >= 15 is 0 Å². The van der Waals surface area contributed by atoms with Crippen LogP contribution >= 0.6 is 0 Å². The van der Waals surface area contributed by atoms with Crippen LogP contribution in [0, 0.1) is 17.8 Å². The average Bonchev–Trinajstić information content (AvgIpc) is 3.63. The van der Waals surface area contributed by atoms with Crippen molar-refractivity contribution in [2.75, 3.05) is 19.8 Å². The summed E-state index contributed by atoms with van der Waals surface area (Å²) >= 11 is 0. The predicted octanol–water partition coefficient (Wildman–Crippen LogP) is 3.74. The molecule has 172 valence electrons. The molecule has 3 unspecified atom stereocenters. The summed E-state index contributed by atoms with van der Waals surface area (Å²) in [4.78, 5) is 0.233. The van der Waals surface area contributed by atoms with Crippen molar-refractivity contribution in [1.29, 1.82) is 0 Å². The van der Waals surface area contributed by atoms with Crippen molar-refractivity contribution in [2.45, 2.75) is 69.0 Å². The topological polar surface area (TPSA) is 76.1 Å². The van der Waals surface area contributed by atoms with E-state index in [0.29, 0.717) is 29.8 Å². The van der Waals surface area contributed by atoms with Crippen LogP contribution in [0.3, 0.4) is 0 Å². The summed E-state index contributed by atoms with van der Waals surface area (Å²) in [6.45, 7) is 7.72. The van der Waals surface area contributed by atoms with Crippen molar-refractivity contribution in [3.63, 3.8) is 0 Å². The second kappa shape index (κ2) is 9.61. The third-order valence-electron chi connectivity index (χ3n) is 7.21. The van der Waals surface area contributed by atoms with Gasteiger partial charge in [0.15, 0.2) is 0 Å². The van der Waals surface area contributed by atoms with Gasteiger partial charge in [0.05, 0.1) is 18.1 Å². The molecule has 0 radical (unpaired) electrons. The Kier molecular flexibility index (Phi) is 7.06. The number of benzene rings is 1. The van der Waals surface area contributed by atoms with E-state index in [4.69, 9.17) is 9.47 Å².